The fourth-order valence-corrected chi connectivity index (χ4v) is 2.47. The van der Waals surface area contributed by atoms with Crippen LogP contribution in [0.2, 0.25) is 0 Å². The minimum absolute atomic E-state index is 0.281. The molecule has 2 rings (SSSR count). The van der Waals surface area contributed by atoms with Crippen LogP contribution in [0.1, 0.15) is 24.8 Å². The van der Waals surface area contributed by atoms with Gasteiger partial charge in [-0.25, -0.2) is 9.18 Å². The van der Waals surface area contributed by atoms with Crippen molar-refractivity contribution >= 4 is 17.8 Å². The molecule has 0 N–H and O–H groups in total. The number of nitrogens with zero attached hydrogens (tertiary/aromatic N) is 1. The molecule has 2 nitrogen and oxygen atoms in total. The molecule has 1 aromatic carbocycles. The molecule has 1 aliphatic rings. The van der Waals surface area contributed by atoms with Crippen LogP contribution in [0.4, 0.5) is 4.39 Å². The van der Waals surface area contributed by atoms with Crippen LogP contribution in [-0.4, -0.2) is 12.3 Å². The van der Waals surface area contributed by atoms with Crippen LogP contribution in [0.3, 0.4) is 0 Å². The molecule has 0 saturated heterocycles. The molecule has 0 bridgehead atoms. The van der Waals surface area contributed by atoms with Gasteiger partial charge in [-0.05, 0) is 43.7 Å². The summed E-state index contributed by atoms with van der Waals surface area (Å²) < 4.78 is 13.7. The molecule has 0 spiro atoms. The van der Waals surface area contributed by atoms with Gasteiger partial charge in [0.2, 0.25) is 6.08 Å². The molecule has 1 aliphatic carbocycles. The second-order valence-corrected chi connectivity index (χ2v) is 4.81. The van der Waals surface area contributed by atoms with E-state index < -0.39 is 5.54 Å². The van der Waals surface area contributed by atoms with E-state index in [2.05, 4.69) is 4.99 Å². The summed E-state index contributed by atoms with van der Waals surface area (Å²) >= 11 is 1.55. The first-order valence-corrected chi connectivity index (χ1v) is 6.37. The second kappa shape index (κ2) is 4.40. The Bertz CT molecular complexity index is 450. The standard InChI is InChI=1S/C12H12FNOS/c1-16-9-3-4-11(13)10(7-9)12(14-8-15)5-2-6-12/h3-4,7H,2,5-6H2,1H3. The van der Waals surface area contributed by atoms with Crippen molar-refractivity contribution in [1.29, 1.82) is 0 Å². The summed E-state index contributed by atoms with van der Waals surface area (Å²) in [5, 5.41) is 0. The topological polar surface area (TPSA) is 29.4 Å². The number of carbonyl (C=O) groups excluding carboxylic acids is 1. The zero-order valence-electron chi connectivity index (χ0n) is 9.00. The minimum Gasteiger partial charge on any atom is -0.211 e. The Morgan fingerprint density at radius 1 is 1.50 bits per heavy atom. The summed E-state index contributed by atoms with van der Waals surface area (Å²) in [5.41, 5.74) is -0.105. The van der Waals surface area contributed by atoms with E-state index in [1.165, 1.54) is 6.07 Å². The molecule has 0 radical (unpaired) electrons. The fraction of sp³-hybridized carbons (Fsp3) is 0.417. The molecule has 0 aromatic heterocycles. The molecule has 16 heavy (non-hydrogen) atoms. The highest BCUT2D eigenvalue weighted by Gasteiger charge is 2.40. The monoisotopic (exact) mass is 237 g/mol. The van der Waals surface area contributed by atoms with Crippen molar-refractivity contribution in [2.24, 2.45) is 4.99 Å². The summed E-state index contributed by atoms with van der Waals surface area (Å²) in [6.07, 6.45) is 5.96. The first kappa shape index (κ1) is 11.4. The highest BCUT2D eigenvalue weighted by atomic mass is 32.2. The number of benzene rings is 1. The summed E-state index contributed by atoms with van der Waals surface area (Å²) in [4.78, 5) is 15.2. The molecule has 0 amide bonds. The van der Waals surface area contributed by atoms with Gasteiger partial charge in [-0.2, -0.15) is 4.99 Å². The van der Waals surface area contributed by atoms with E-state index in [4.69, 9.17) is 0 Å². The van der Waals surface area contributed by atoms with E-state index in [0.29, 0.717) is 5.56 Å². The van der Waals surface area contributed by atoms with Crippen LogP contribution < -0.4 is 0 Å². The molecule has 1 aromatic rings. The van der Waals surface area contributed by atoms with Gasteiger partial charge in [-0.15, -0.1) is 11.8 Å². The predicted molar refractivity (Wildman–Crippen MR) is 61.8 cm³/mol. The number of rotatable bonds is 3. The third-order valence-corrected chi connectivity index (χ3v) is 3.84. The van der Waals surface area contributed by atoms with Crippen molar-refractivity contribution in [3.05, 3.63) is 29.6 Å². The Hall–Kier alpha value is -1.12. The van der Waals surface area contributed by atoms with E-state index in [9.17, 15) is 9.18 Å². The summed E-state index contributed by atoms with van der Waals surface area (Å²) in [7, 11) is 0. The van der Waals surface area contributed by atoms with Crippen LogP contribution in [0.5, 0.6) is 0 Å². The van der Waals surface area contributed by atoms with Crippen molar-refractivity contribution in [2.45, 2.75) is 29.7 Å². The largest absolute Gasteiger partial charge is 0.235 e. The maximum atomic E-state index is 13.7. The number of hydrogen-bond acceptors (Lipinski definition) is 3. The van der Waals surface area contributed by atoms with Gasteiger partial charge in [0, 0.05) is 10.5 Å². The first-order valence-electron chi connectivity index (χ1n) is 5.15. The molecule has 1 fully saturated rings. The van der Waals surface area contributed by atoms with Crippen LogP contribution in [0.15, 0.2) is 28.1 Å². The highest BCUT2D eigenvalue weighted by Crippen LogP contribution is 2.46. The number of hydrogen-bond donors (Lipinski definition) is 0. The van der Waals surface area contributed by atoms with Crippen molar-refractivity contribution in [3.63, 3.8) is 0 Å². The normalized spacial score (nSPS) is 17.4. The van der Waals surface area contributed by atoms with Gasteiger partial charge in [0.1, 0.15) is 11.4 Å². The van der Waals surface area contributed by atoms with E-state index in [0.717, 1.165) is 24.2 Å². The smallest absolute Gasteiger partial charge is 0.211 e. The summed E-state index contributed by atoms with van der Waals surface area (Å²) in [6, 6.07) is 4.97. The average Bonchev–Trinajstić information content (AvgIpc) is 2.25. The lowest BCUT2D eigenvalue weighted by Gasteiger charge is -2.37. The number of isocyanates is 1. The van der Waals surface area contributed by atoms with E-state index in [1.54, 1.807) is 30.0 Å². The molecular weight excluding hydrogens is 225 g/mol. The first-order chi connectivity index (χ1) is 7.72. The number of aliphatic imine (C=N–C) groups is 1. The van der Waals surface area contributed by atoms with Crippen molar-refractivity contribution in [2.75, 3.05) is 6.26 Å². The van der Waals surface area contributed by atoms with Crippen molar-refractivity contribution in [1.82, 2.24) is 0 Å². The molecule has 84 valence electrons. The van der Waals surface area contributed by atoms with Crippen LogP contribution in [0.25, 0.3) is 0 Å². The van der Waals surface area contributed by atoms with Gasteiger partial charge in [-0.3, -0.25) is 0 Å². The van der Waals surface area contributed by atoms with Gasteiger partial charge in [0.15, 0.2) is 0 Å². The quantitative estimate of drug-likeness (QED) is 0.459. The Morgan fingerprint density at radius 2 is 2.25 bits per heavy atom. The Morgan fingerprint density at radius 3 is 2.75 bits per heavy atom. The Labute approximate surface area is 98.0 Å². The summed E-state index contributed by atoms with van der Waals surface area (Å²) in [5.74, 6) is -0.281. The second-order valence-electron chi connectivity index (χ2n) is 3.93. The Kier molecular flexibility index (Phi) is 3.13. The van der Waals surface area contributed by atoms with Gasteiger partial charge in [0.25, 0.3) is 0 Å². The molecule has 0 aliphatic heterocycles. The Balaban J connectivity index is 2.48. The third-order valence-electron chi connectivity index (χ3n) is 3.12. The number of thioether (sulfide) groups is 1. The lowest BCUT2D eigenvalue weighted by Crippen LogP contribution is -2.33. The molecule has 4 heteroatoms. The molecule has 0 atom stereocenters. The van der Waals surface area contributed by atoms with Crippen molar-refractivity contribution < 1.29 is 9.18 Å². The summed E-state index contributed by atoms with van der Waals surface area (Å²) in [6.45, 7) is 0. The predicted octanol–water partition coefficient (Wildman–Crippen LogP) is 3.26. The maximum Gasteiger partial charge on any atom is 0.235 e. The van der Waals surface area contributed by atoms with Gasteiger partial charge < -0.3 is 0 Å². The minimum atomic E-state index is -0.641. The lowest BCUT2D eigenvalue weighted by atomic mass is 9.72. The highest BCUT2D eigenvalue weighted by molar-refractivity contribution is 7.98. The van der Waals surface area contributed by atoms with E-state index in [-0.39, 0.29) is 5.82 Å². The fourth-order valence-electron chi connectivity index (χ4n) is 2.03. The molecule has 0 unspecified atom stereocenters. The lowest BCUT2D eigenvalue weighted by molar-refractivity contribution is 0.247. The number of halogens is 1. The molecular formula is C12H12FNOS. The zero-order chi connectivity index (χ0) is 11.6. The van der Waals surface area contributed by atoms with Gasteiger partial charge >= 0.3 is 0 Å². The zero-order valence-corrected chi connectivity index (χ0v) is 9.81. The molecule has 0 heterocycles. The van der Waals surface area contributed by atoms with Crippen LogP contribution in [-0.2, 0) is 10.3 Å². The van der Waals surface area contributed by atoms with Gasteiger partial charge in [0.05, 0.1) is 0 Å². The van der Waals surface area contributed by atoms with Gasteiger partial charge in [-0.1, -0.05) is 0 Å². The van der Waals surface area contributed by atoms with E-state index in [1.807, 2.05) is 6.26 Å². The third kappa shape index (κ3) is 1.79. The average molecular weight is 237 g/mol. The van der Waals surface area contributed by atoms with Crippen molar-refractivity contribution in [3.8, 4) is 0 Å². The van der Waals surface area contributed by atoms with E-state index >= 15 is 0 Å². The van der Waals surface area contributed by atoms with Crippen LogP contribution in [0, 0.1) is 5.82 Å². The SMILES string of the molecule is CSc1ccc(F)c(C2(N=C=O)CCC2)c1. The van der Waals surface area contributed by atoms with Crippen LogP contribution >= 0.6 is 11.8 Å². The maximum absolute atomic E-state index is 13.7. The molecule has 1 saturated carbocycles.